The van der Waals surface area contributed by atoms with Gasteiger partial charge in [-0.25, -0.2) is 0 Å². The van der Waals surface area contributed by atoms with Crippen LogP contribution in [0.1, 0.15) is 10.4 Å². The average Bonchev–Trinajstić information content (AvgIpc) is 2.61. The van der Waals surface area contributed by atoms with Gasteiger partial charge >= 0.3 is 0 Å². The zero-order valence-corrected chi connectivity index (χ0v) is 13.5. The third-order valence-corrected chi connectivity index (χ3v) is 4.62. The standard InChI is InChI=1S/C19H18N2O3/c1-20-8-10-21(11-9-20)19(23)13-6-7-15-17(12-13)24-16-5-3-2-4-14(16)18(15)22/h2-7,12H,8-11H2,1H3. The number of rotatable bonds is 1. The number of carbonyl (C=O) groups excluding carboxylic acids is 1. The first-order valence-corrected chi connectivity index (χ1v) is 8.07. The quantitative estimate of drug-likeness (QED) is 0.645. The van der Waals surface area contributed by atoms with Crippen LogP contribution in [-0.4, -0.2) is 48.9 Å². The first-order chi connectivity index (χ1) is 11.6. The van der Waals surface area contributed by atoms with E-state index in [0.29, 0.717) is 27.5 Å². The van der Waals surface area contributed by atoms with Crippen molar-refractivity contribution in [2.45, 2.75) is 0 Å². The van der Waals surface area contributed by atoms with Crippen LogP contribution in [0.15, 0.2) is 51.7 Å². The van der Waals surface area contributed by atoms with E-state index < -0.39 is 0 Å². The van der Waals surface area contributed by atoms with Crippen molar-refractivity contribution in [2.24, 2.45) is 0 Å². The number of fused-ring (bicyclic) bond motifs is 2. The normalized spacial score (nSPS) is 16.0. The molecule has 0 spiro atoms. The molecule has 122 valence electrons. The number of piperazine rings is 1. The molecular formula is C19H18N2O3. The molecule has 0 aliphatic carbocycles. The van der Waals surface area contributed by atoms with Crippen molar-refractivity contribution in [3.63, 3.8) is 0 Å². The highest BCUT2D eigenvalue weighted by molar-refractivity contribution is 5.99. The van der Waals surface area contributed by atoms with Gasteiger partial charge in [0.25, 0.3) is 5.91 Å². The van der Waals surface area contributed by atoms with Crippen molar-refractivity contribution in [2.75, 3.05) is 33.2 Å². The molecule has 4 rings (SSSR count). The van der Waals surface area contributed by atoms with E-state index in [0.717, 1.165) is 26.2 Å². The van der Waals surface area contributed by atoms with Crippen molar-refractivity contribution < 1.29 is 9.21 Å². The molecule has 0 atom stereocenters. The van der Waals surface area contributed by atoms with Gasteiger partial charge in [-0.05, 0) is 37.4 Å². The third kappa shape index (κ3) is 2.47. The van der Waals surface area contributed by atoms with E-state index in [9.17, 15) is 9.59 Å². The Kier molecular flexibility index (Phi) is 3.58. The van der Waals surface area contributed by atoms with Crippen LogP contribution < -0.4 is 5.43 Å². The monoisotopic (exact) mass is 322 g/mol. The van der Waals surface area contributed by atoms with Gasteiger partial charge in [0.05, 0.1) is 10.8 Å². The van der Waals surface area contributed by atoms with Crippen LogP contribution in [0.25, 0.3) is 21.9 Å². The van der Waals surface area contributed by atoms with Crippen LogP contribution in [0.2, 0.25) is 0 Å². The fourth-order valence-corrected chi connectivity index (χ4v) is 3.13. The maximum Gasteiger partial charge on any atom is 0.254 e. The Balaban J connectivity index is 1.76. The Hall–Kier alpha value is -2.66. The van der Waals surface area contributed by atoms with Gasteiger partial charge < -0.3 is 14.2 Å². The summed E-state index contributed by atoms with van der Waals surface area (Å²) < 4.78 is 5.84. The molecule has 2 aromatic carbocycles. The molecule has 5 nitrogen and oxygen atoms in total. The lowest BCUT2D eigenvalue weighted by Crippen LogP contribution is -2.47. The molecule has 1 aliphatic rings. The van der Waals surface area contributed by atoms with Gasteiger partial charge in [-0.3, -0.25) is 9.59 Å². The zero-order valence-electron chi connectivity index (χ0n) is 13.5. The largest absolute Gasteiger partial charge is 0.456 e. The highest BCUT2D eigenvalue weighted by Crippen LogP contribution is 2.20. The van der Waals surface area contributed by atoms with E-state index in [-0.39, 0.29) is 11.3 Å². The second-order valence-corrected chi connectivity index (χ2v) is 6.23. The molecule has 0 saturated carbocycles. The minimum Gasteiger partial charge on any atom is -0.456 e. The van der Waals surface area contributed by atoms with Crippen LogP contribution in [0.4, 0.5) is 0 Å². The summed E-state index contributed by atoms with van der Waals surface area (Å²) in [7, 11) is 2.05. The molecular weight excluding hydrogens is 304 g/mol. The molecule has 0 bridgehead atoms. The van der Waals surface area contributed by atoms with E-state index in [2.05, 4.69) is 11.9 Å². The molecule has 3 aromatic rings. The second-order valence-electron chi connectivity index (χ2n) is 6.23. The number of benzene rings is 2. The van der Waals surface area contributed by atoms with Gasteiger partial charge in [-0.15, -0.1) is 0 Å². The zero-order chi connectivity index (χ0) is 16.7. The fraction of sp³-hybridized carbons (Fsp3) is 0.263. The summed E-state index contributed by atoms with van der Waals surface area (Å²) in [4.78, 5) is 29.3. The first kappa shape index (κ1) is 14.9. The van der Waals surface area contributed by atoms with Crippen molar-refractivity contribution in [1.82, 2.24) is 9.80 Å². The number of likely N-dealkylation sites (N-methyl/N-ethyl adjacent to an activating group) is 1. The van der Waals surface area contributed by atoms with Crippen LogP contribution in [0, 0.1) is 0 Å². The van der Waals surface area contributed by atoms with E-state index in [1.54, 1.807) is 30.3 Å². The Morgan fingerprint density at radius 2 is 1.67 bits per heavy atom. The fourth-order valence-electron chi connectivity index (χ4n) is 3.13. The van der Waals surface area contributed by atoms with Crippen LogP contribution in [0.5, 0.6) is 0 Å². The summed E-state index contributed by atoms with van der Waals surface area (Å²) in [5, 5.41) is 1.06. The van der Waals surface area contributed by atoms with Gasteiger partial charge in [0, 0.05) is 31.7 Å². The Morgan fingerprint density at radius 1 is 0.958 bits per heavy atom. The predicted octanol–water partition coefficient (Wildman–Crippen LogP) is 2.33. The number of hydrogen-bond acceptors (Lipinski definition) is 4. The van der Waals surface area contributed by atoms with Crippen molar-refractivity contribution in [1.29, 1.82) is 0 Å². The van der Waals surface area contributed by atoms with E-state index >= 15 is 0 Å². The molecule has 0 radical (unpaired) electrons. The Labute approximate surface area is 139 Å². The molecule has 1 aromatic heterocycles. The first-order valence-electron chi connectivity index (χ1n) is 8.07. The summed E-state index contributed by atoms with van der Waals surface area (Å²) in [6.07, 6.45) is 0. The van der Waals surface area contributed by atoms with Gasteiger partial charge in [-0.1, -0.05) is 12.1 Å². The predicted molar refractivity (Wildman–Crippen MR) is 93.4 cm³/mol. The molecule has 5 heteroatoms. The van der Waals surface area contributed by atoms with Crippen molar-refractivity contribution >= 4 is 27.8 Å². The average molecular weight is 322 g/mol. The molecule has 24 heavy (non-hydrogen) atoms. The van der Waals surface area contributed by atoms with E-state index in [1.807, 2.05) is 17.0 Å². The van der Waals surface area contributed by atoms with Crippen LogP contribution in [0.3, 0.4) is 0 Å². The third-order valence-electron chi connectivity index (χ3n) is 4.62. The van der Waals surface area contributed by atoms with Gasteiger partial charge in [0.1, 0.15) is 11.2 Å². The van der Waals surface area contributed by atoms with Gasteiger partial charge in [0.15, 0.2) is 0 Å². The lowest BCUT2D eigenvalue weighted by molar-refractivity contribution is 0.0664. The highest BCUT2D eigenvalue weighted by Gasteiger charge is 2.21. The number of nitrogens with zero attached hydrogens (tertiary/aromatic N) is 2. The molecule has 1 fully saturated rings. The topological polar surface area (TPSA) is 53.8 Å². The van der Waals surface area contributed by atoms with Crippen molar-refractivity contribution in [3.8, 4) is 0 Å². The van der Waals surface area contributed by atoms with Crippen LogP contribution >= 0.6 is 0 Å². The maximum absolute atomic E-state index is 12.7. The summed E-state index contributed by atoms with van der Waals surface area (Å²) in [5.74, 6) is -0.0131. The second kappa shape index (κ2) is 5.76. The SMILES string of the molecule is CN1CCN(C(=O)c2ccc3c(=O)c4ccccc4oc3c2)CC1. The number of hydrogen-bond donors (Lipinski definition) is 0. The van der Waals surface area contributed by atoms with Gasteiger partial charge in [-0.2, -0.15) is 0 Å². The lowest BCUT2D eigenvalue weighted by atomic mass is 10.1. The summed E-state index contributed by atoms with van der Waals surface area (Å²) in [6.45, 7) is 3.18. The number of amides is 1. The minimum atomic E-state index is -0.0644. The Bertz CT molecular complexity index is 985. The molecule has 1 amide bonds. The summed E-state index contributed by atoms with van der Waals surface area (Å²) in [6, 6.07) is 12.3. The summed E-state index contributed by atoms with van der Waals surface area (Å²) in [5.41, 5.74) is 1.49. The van der Waals surface area contributed by atoms with E-state index in [4.69, 9.17) is 4.42 Å². The molecule has 1 saturated heterocycles. The minimum absolute atomic E-state index is 0.0131. The maximum atomic E-state index is 12.7. The Morgan fingerprint density at radius 3 is 2.46 bits per heavy atom. The molecule has 2 heterocycles. The molecule has 0 N–H and O–H groups in total. The molecule has 0 unspecified atom stereocenters. The summed E-state index contributed by atoms with van der Waals surface area (Å²) >= 11 is 0. The van der Waals surface area contributed by atoms with Crippen LogP contribution in [-0.2, 0) is 0 Å². The molecule has 1 aliphatic heterocycles. The lowest BCUT2D eigenvalue weighted by Gasteiger charge is -2.32. The van der Waals surface area contributed by atoms with Crippen molar-refractivity contribution in [3.05, 3.63) is 58.3 Å². The highest BCUT2D eigenvalue weighted by atomic mass is 16.3. The smallest absolute Gasteiger partial charge is 0.254 e. The van der Waals surface area contributed by atoms with Gasteiger partial charge in [0.2, 0.25) is 5.43 Å². The number of para-hydroxylation sites is 1. The number of carbonyl (C=O) groups is 1. The van der Waals surface area contributed by atoms with E-state index in [1.165, 1.54) is 0 Å².